The monoisotopic (exact) mass is 571 g/mol. The van der Waals surface area contributed by atoms with E-state index in [0.29, 0.717) is 24.5 Å². The van der Waals surface area contributed by atoms with Gasteiger partial charge in [0, 0.05) is 22.5 Å². The van der Waals surface area contributed by atoms with E-state index in [0.717, 1.165) is 44.5 Å². The van der Waals surface area contributed by atoms with Gasteiger partial charge in [0.25, 0.3) is 0 Å². The van der Waals surface area contributed by atoms with Crippen LogP contribution in [-0.2, 0) is 12.7 Å². The summed E-state index contributed by atoms with van der Waals surface area (Å²) in [5.41, 5.74) is 8.18. The molecule has 0 atom stereocenters. The molecule has 0 amide bonds. The fraction of sp³-hybridized carbons (Fsp3) is 0.194. The summed E-state index contributed by atoms with van der Waals surface area (Å²) >= 11 is 0.569. The molecule has 0 fully saturated rings. The van der Waals surface area contributed by atoms with Crippen LogP contribution in [-0.4, -0.2) is 15.7 Å². The third kappa shape index (κ3) is 6.21. The summed E-state index contributed by atoms with van der Waals surface area (Å²) in [5.74, 6) is 0.736. The third-order valence-electron chi connectivity index (χ3n) is 6.29. The minimum absolute atomic E-state index is 0.368. The molecule has 0 aliphatic rings. The maximum atomic E-state index is 5.36. The van der Waals surface area contributed by atoms with E-state index in [2.05, 4.69) is 105 Å². The van der Waals surface area contributed by atoms with E-state index >= 15 is 0 Å². The fourth-order valence-corrected chi connectivity index (χ4v) is 4.47. The van der Waals surface area contributed by atoms with Gasteiger partial charge in [-0.2, -0.15) is 0 Å². The summed E-state index contributed by atoms with van der Waals surface area (Å²) in [5, 5.41) is 2.16. The van der Waals surface area contributed by atoms with E-state index in [1.54, 1.807) is 0 Å². The van der Waals surface area contributed by atoms with Crippen molar-refractivity contribution in [2.75, 3.05) is 0 Å². The second kappa shape index (κ2) is 12.6. The summed E-state index contributed by atoms with van der Waals surface area (Å²) in [4.78, 5) is 15.1. The maximum absolute atomic E-state index is 5.36. The molecule has 0 saturated heterocycles. The normalized spacial score (nSPS) is 11.8. The van der Waals surface area contributed by atoms with Gasteiger partial charge in [-0.15, -0.1) is 0 Å². The van der Waals surface area contributed by atoms with Crippen molar-refractivity contribution in [2.45, 2.75) is 39.5 Å². The van der Waals surface area contributed by atoms with E-state index in [-0.39, 0.29) is 0 Å². The van der Waals surface area contributed by atoms with Crippen molar-refractivity contribution in [3.05, 3.63) is 114 Å². The molecule has 37 heavy (non-hydrogen) atoms. The first kappa shape index (κ1) is 27.3. The average molecular weight is 573 g/mol. The summed E-state index contributed by atoms with van der Waals surface area (Å²) in [7, 11) is 9.40. The van der Waals surface area contributed by atoms with Crippen LogP contribution < -0.4 is 0 Å². The quantitative estimate of drug-likeness (QED) is 0.119. The molecule has 0 saturated carbocycles. The number of fused-ring (bicyclic) bond motifs is 3. The van der Waals surface area contributed by atoms with Crippen molar-refractivity contribution in [3.63, 3.8) is 0 Å². The molecule has 0 N–H and O–H groups in total. The molecular weight excluding hydrogens is 544 g/mol. The van der Waals surface area contributed by atoms with E-state index in [1.165, 1.54) is 11.1 Å². The molecule has 5 rings (SSSR count). The minimum atomic E-state index is 0.368. The average Bonchev–Trinajstić information content (AvgIpc) is 2.92. The first-order chi connectivity index (χ1) is 17.9. The Bertz CT molecular complexity index is 1510. The number of benzene rings is 3. The van der Waals surface area contributed by atoms with E-state index in [4.69, 9.17) is 30.4 Å². The molecule has 5 aromatic rings. The van der Waals surface area contributed by atoms with Crippen LogP contribution in [0.25, 0.3) is 21.8 Å². The second-order valence-corrected chi connectivity index (χ2v) is 11.0. The molecule has 3 nitrogen and oxygen atoms in total. The number of halogens is 2. The predicted octanol–water partition coefficient (Wildman–Crippen LogP) is 9.58. The number of pyridine rings is 2. The Morgan fingerprint density at radius 3 is 1.92 bits per heavy atom. The zero-order valence-electron chi connectivity index (χ0n) is 21.2. The van der Waals surface area contributed by atoms with Gasteiger partial charge in [0.15, 0.2) is 0 Å². The Hall–Kier alpha value is -2.78. The first-order valence-electron chi connectivity index (χ1n) is 12.2. The van der Waals surface area contributed by atoms with Crippen molar-refractivity contribution in [1.82, 2.24) is 9.97 Å². The number of para-hydroxylation sites is 1. The molecule has 6 heteroatoms. The van der Waals surface area contributed by atoms with Crippen LogP contribution in [0.3, 0.4) is 0 Å². The van der Waals surface area contributed by atoms with Crippen LogP contribution in [0.2, 0.25) is 0 Å². The Labute approximate surface area is 233 Å². The van der Waals surface area contributed by atoms with Crippen molar-refractivity contribution in [2.24, 2.45) is 4.99 Å². The summed E-state index contributed by atoms with van der Waals surface area (Å²) in [6, 6.07) is 29.4. The number of hydrogen-bond acceptors (Lipinski definition) is 3. The molecule has 2 aromatic heterocycles. The number of nitrogens with zero attached hydrogens (tertiary/aromatic N) is 3. The SMILES string of the molecule is CC(C)c1cccc(C(C)C)c1N=C(c1ccccc1)c1ccc2ccc3cccnc3c2n1.[Cl][Ni][Cl]. The van der Waals surface area contributed by atoms with Gasteiger partial charge < -0.3 is 0 Å². The second-order valence-electron chi connectivity index (χ2n) is 9.37. The fourth-order valence-electron chi connectivity index (χ4n) is 4.47. The van der Waals surface area contributed by atoms with Gasteiger partial charge in [-0.1, -0.05) is 100 Å². The first-order valence-corrected chi connectivity index (χ1v) is 14.9. The van der Waals surface area contributed by atoms with Crippen LogP contribution >= 0.6 is 20.4 Å². The molecule has 0 aliphatic heterocycles. The number of aliphatic imine (C=N–C) groups is 1. The van der Waals surface area contributed by atoms with E-state index < -0.39 is 0 Å². The number of aromatic nitrogens is 2. The molecule has 0 radical (unpaired) electrons. The van der Waals surface area contributed by atoms with E-state index in [1.807, 2.05) is 18.3 Å². The molecule has 3 aromatic carbocycles. The summed E-state index contributed by atoms with van der Waals surface area (Å²) < 4.78 is 0. The number of rotatable bonds is 5. The van der Waals surface area contributed by atoms with Crippen LogP contribution in [0, 0.1) is 0 Å². The topological polar surface area (TPSA) is 38.1 Å². The Morgan fingerprint density at radius 1 is 0.703 bits per heavy atom. The van der Waals surface area contributed by atoms with Crippen LogP contribution in [0.1, 0.15) is 61.9 Å². The standard InChI is InChI=1S/C31H29N3.2ClH.Ni/c1-20(2)25-13-8-14-26(21(3)4)31(25)34-28(22-10-6-5-7-11-22)27-18-17-24-16-15-23-12-9-19-32-29(23)30(24)33-27;;;/h5-21H,1-4H3;2*1H;/q;;;+2/p-2. The molecule has 192 valence electrons. The van der Waals surface area contributed by atoms with Crippen molar-refractivity contribution in [1.29, 1.82) is 0 Å². The van der Waals surface area contributed by atoms with Gasteiger partial charge in [-0.05, 0) is 35.1 Å². The Balaban J connectivity index is 0.00000102. The number of hydrogen-bond donors (Lipinski definition) is 0. The van der Waals surface area contributed by atoms with Crippen LogP contribution in [0.4, 0.5) is 5.69 Å². The third-order valence-corrected chi connectivity index (χ3v) is 6.29. The van der Waals surface area contributed by atoms with E-state index in [9.17, 15) is 0 Å². The van der Waals surface area contributed by atoms with Crippen LogP contribution in [0.15, 0.2) is 96.1 Å². The molecule has 0 bridgehead atoms. The van der Waals surface area contributed by atoms with Crippen molar-refractivity contribution >= 4 is 53.6 Å². The summed E-state index contributed by atoms with van der Waals surface area (Å²) in [6.07, 6.45) is 1.83. The molecule has 0 aliphatic carbocycles. The molecule has 0 unspecified atom stereocenters. The van der Waals surface area contributed by atoms with Gasteiger partial charge in [0.05, 0.1) is 28.1 Å². The zero-order valence-corrected chi connectivity index (χ0v) is 23.7. The Kier molecular flexibility index (Phi) is 9.32. The Morgan fingerprint density at radius 2 is 1.30 bits per heavy atom. The zero-order chi connectivity index (χ0) is 26.4. The van der Waals surface area contributed by atoms with Crippen LogP contribution in [0.5, 0.6) is 0 Å². The summed E-state index contributed by atoms with van der Waals surface area (Å²) in [6.45, 7) is 8.92. The van der Waals surface area contributed by atoms with Gasteiger partial charge in [0.2, 0.25) is 0 Å². The van der Waals surface area contributed by atoms with Crippen molar-refractivity contribution < 1.29 is 12.7 Å². The predicted molar refractivity (Wildman–Crippen MR) is 155 cm³/mol. The molecule has 0 spiro atoms. The van der Waals surface area contributed by atoms with Gasteiger partial charge >= 0.3 is 33.0 Å². The van der Waals surface area contributed by atoms with Crippen molar-refractivity contribution in [3.8, 4) is 0 Å². The molecular formula is C31H29Cl2N3Ni. The molecule has 2 heterocycles. The van der Waals surface area contributed by atoms with Gasteiger partial charge in [0.1, 0.15) is 0 Å². The van der Waals surface area contributed by atoms with Gasteiger partial charge in [-0.3, -0.25) is 4.98 Å². The van der Waals surface area contributed by atoms with Gasteiger partial charge in [-0.25, -0.2) is 9.98 Å².